The summed E-state index contributed by atoms with van der Waals surface area (Å²) in [6.45, 7) is 5.37. The fourth-order valence-corrected chi connectivity index (χ4v) is 3.02. The van der Waals surface area contributed by atoms with Gasteiger partial charge in [-0.3, -0.25) is 14.5 Å². The lowest BCUT2D eigenvalue weighted by Crippen LogP contribution is -2.64. The number of carbonyl (C=O) groups is 2. The molecule has 1 N–H and O–H groups in total. The molecule has 0 spiro atoms. The minimum atomic E-state index is -0.636. The molecule has 2 amide bonds. The van der Waals surface area contributed by atoms with Gasteiger partial charge in [-0.05, 0) is 25.0 Å². The first kappa shape index (κ1) is 16.4. The maximum Gasteiger partial charge on any atom is 0.250 e. The van der Waals surface area contributed by atoms with Gasteiger partial charge in [0.2, 0.25) is 11.8 Å². The average molecular weight is 350 g/mol. The topological polar surface area (TPSA) is 49.4 Å². The van der Waals surface area contributed by atoms with Crippen molar-refractivity contribution in [1.29, 1.82) is 0 Å². The van der Waals surface area contributed by atoms with Crippen LogP contribution in [0.25, 0.3) is 0 Å². The molecule has 2 unspecified atom stereocenters. The van der Waals surface area contributed by atoms with Gasteiger partial charge in [0.25, 0.3) is 0 Å². The monoisotopic (exact) mass is 348 g/mol. The summed E-state index contributed by atoms with van der Waals surface area (Å²) in [4.78, 5) is 26.2. The van der Waals surface area contributed by atoms with Crippen LogP contribution < -0.4 is 10.2 Å². The molecule has 21 heavy (non-hydrogen) atoms. The number of amides is 2. The number of anilines is 1. The van der Waals surface area contributed by atoms with Crippen molar-refractivity contribution in [3.05, 3.63) is 27.2 Å². The number of halogens is 3. The number of hydrogen-bond acceptors (Lipinski definition) is 2. The van der Waals surface area contributed by atoms with E-state index >= 15 is 0 Å². The molecule has 0 aliphatic carbocycles. The van der Waals surface area contributed by atoms with Crippen molar-refractivity contribution in [2.75, 3.05) is 4.90 Å². The normalized spacial score (nSPS) is 22.7. The van der Waals surface area contributed by atoms with Crippen molar-refractivity contribution >= 4 is 52.3 Å². The van der Waals surface area contributed by atoms with Crippen LogP contribution in [-0.4, -0.2) is 23.9 Å². The zero-order valence-corrected chi connectivity index (χ0v) is 14.1. The maximum absolute atomic E-state index is 12.5. The highest BCUT2D eigenvalue weighted by atomic mass is 35.5. The number of hydrogen-bond donors (Lipinski definition) is 1. The van der Waals surface area contributed by atoms with Crippen LogP contribution in [0.2, 0.25) is 15.1 Å². The van der Waals surface area contributed by atoms with E-state index in [1.165, 1.54) is 17.0 Å². The van der Waals surface area contributed by atoms with E-state index in [0.717, 1.165) is 0 Å². The molecular formula is C14H15Cl3N2O2. The van der Waals surface area contributed by atoms with Gasteiger partial charge in [-0.1, -0.05) is 48.7 Å². The molecule has 2 rings (SSSR count). The minimum absolute atomic E-state index is 0.0769. The van der Waals surface area contributed by atoms with Crippen LogP contribution in [0, 0.1) is 5.92 Å². The van der Waals surface area contributed by atoms with Crippen molar-refractivity contribution in [3.63, 3.8) is 0 Å². The largest absolute Gasteiger partial charge is 0.343 e. The van der Waals surface area contributed by atoms with Crippen LogP contribution in [-0.2, 0) is 9.59 Å². The average Bonchev–Trinajstić information content (AvgIpc) is 2.37. The number of carbonyl (C=O) groups excluding carboxylic acids is 2. The van der Waals surface area contributed by atoms with Gasteiger partial charge < -0.3 is 5.32 Å². The Labute approximate surface area is 138 Å². The van der Waals surface area contributed by atoms with Crippen LogP contribution in [0.3, 0.4) is 0 Å². The number of nitrogens with zero attached hydrogens (tertiary/aromatic N) is 1. The molecule has 2 atom stereocenters. The second-order valence-electron chi connectivity index (χ2n) is 5.35. The predicted octanol–water partition coefficient (Wildman–Crippen LogP) is 3.52. The quantitative estimate of drug-likeness (QED) is 0.831. The SMILES string of the molecule is CC1NC(=O)C(C(C)C)N(c2cc(Cl)c(Cl)cc2Cl)C1=O. The Morgan fingerprint density at radius 2 is 1.67 bits per heavy atom. The molecule has 114 valence electrons. The van der Waals surface area contributed by atoms with Crippen LogP contribution in [0.4, 0.5) is 5.69 Å². The summed E-state index contributed by atoms with van der Waals surface area (Å²) in [5, 5.41) is 3.54. The smallest absolute Gasteiger partial charge is 0.250 e. The fraction of sp³-hybridized carbons (Fsp3) is 0.429. The summed E-state index contributed by atoms with van der Waals surface area (Å²) in [5.74, 6) is -0.514. The molecule has 0 radical (unpaired) electrons. The molecule has 1 fully saturated rings. The molecule has 1 aromatic rings. The number of rotatable bonds is 2. The Morgan fingerprint density at radius 1 is 1.10 bits per heavy atom. The van der Waals surface area contributed by atoms with E-state index in [0.29, 0.717) is 10.7 Å². The number of benzene rings is 1. The third-order valence-corrected chi connectivity index (χ3v) is 4.42. The van der Waals surface area contributed by atoms with E-state index in [-0.39, 0.29) is 27.8 Å². The highest BCUT2D eigenvalue weighted by Gasteiger charge is 2.41. The van der Waals surface area contributed by atoms with Gasteiger partial charge in [0, 0.05) is 0 Å². The molecule has 0 bridgehead atoms. The lowest BCUT2D eigenvalue weighted by molar-refractivity contribution is -0.134. The van der Waals surface area contributed by atoms with E-state index in [9.17, 15) is 9.59 Å². The van der Waals surface area contributed by atoms with Gasteiger partial charge in [-0.15, -0.1) is 0 Å². The van der Waals surface area contributed by atoms with Crippen LogP contribution in [0.5, 0.6) is 0 Å². The van der Waals surface area contributed by atoms with E-state index in [4.69, 9.17) is 34.8 Å². The fourth-order valence-electron chi connectivity index (χ4n) is 2.39. The minimum Gasteiger partial charge on any atom is -0.343 e. The van der Waals surface area contributed by atoms with Crippen molar-refractivity contribution in [2.45, 2.75) is 32.9 Å². The van der Waals surface area contributed by atoms with Crippen molar-refractivity contribution in [3.8, 4) is 0 Å². The third kappa shape index (κ3) is 2.98. The Morgan fingerprint density at radius 3 is 2.24 bits per heavy atom. The van der Waals surface area contributed by atoms with Gasteiger partial charge in [0.1, 0.15) is 12.1 Å². The second-order valence-corrected chi connectivity index (χ2v) is 6.57. The molecule has 0 aromatic heterocycles. The van der Waals surface area contributed by atoms with Gasteiger partial charge >= 0.3 is 0 Å². The standard InChI is InChI=1S/C14H15Cl3N2O2/c1-6(2)12-13(20)18-7(3)14(21)19(12)11-5-9(16)8(15)4-10(11)17/h4-7,12H,1-3H3,(H,18,20). The summed E-state index contributed by atoms with van der Waals surface area (Å²) in [5.41, 5.74) is 0.400. The molecule has 0 saturated carbocycles. The molecule has 7 heteroatoms. The molecular weight excluding hydrogens is 335 g/mol. The Kier molecular flexibility index (Phi) is 4.71. The zero-order valence-electron chi connectivity index (χ0n) is 11.8. The summed E-state index contributed by atoms with van der Waals surface area (Å²) in [7, 11) is 0. The molecule has 1 aliphatic rings. The molecule has 1 aromatic carbocycles. The van der Waals surface area contributed by atoms with Crippen LogP contribution in [0.15, 0.2) is 12.1 Å². The molecule has 4 nitrogen and oxygen atoms in total. The van der Waals surface area contributed by atoms with Crippen molar-refractivity contribution < 1.29 is 9.59 Å². The van der Waals surface area contributed by atoms with E-state index in [2.05, 4.69) is 5.32 Å². The summed E-state index contributed by atoms with van der Waals surface area (Å²) in [6, 6.07) is 1.74. The van der Waals surface area contributed by atoms with Crippen molar-refractivity contribution in [1.82, 2.24) is 5.32 Å². The van der Waals surface area contributed by atoms with Crippen molar-refractivity contribution in [2.24, 2.45) is 5.92 Å². The first-order chi connectivity index (χ1) is 9.73. The highest BCUT2D eigenvalue weighted by Crippen LogP contribution is 2.37. The number of nitrogens with one attached hydrogen (secondary N) is 1. The third-order valence-electron chi connectivity index (χ3n) is 3.39. The van der Waals surface area contributed by atoms with Crippen LogP contribution >= 0.6 is 34.8 Å². The van der Waals surface area contributed by atoms with E-state index in [1.807, 2.05) is 13.8 Å². The lowest BCUT2D eigenvalue weighted by atomic mass is 9.96. The molecule has 1 aliphatic heterocycles. The predicted molar refractivity (Wildman–Crippen MR) is 85.2 cm³/mol. The molecule has 1 saturated heterocycles. The second kappa shape index (κ2) is 6.03. The van der Waals surface area contributed by atoms with Gasteiger partial charge in [-0.2, -0.15) is 0 Å². The number of piperazine rings is 1. The zero-order chi connectivity index (χ0) is 15.9. The summed E-state index contributed by atoms with van der Waals surface area (Å²) in [6.07, 6.45) is 0. The Hall–Kier alpha value is -0.970. The first-order valence-corrected chi connectivity index (χ1v) is 7.65. The summed E-state index contributed by atoms with van der Waals surface area (Å²) >= 11 is 18.1. The van der Waals surface area contributed by atoms with Gasteiger partial charge in [-0.25, -0.2) is 0 Å². The highest BCUT2D eigenvalue weighted by molar-refractivity contribution is 6.44. The Balaban J connectivity index is 2.58. The van der Waals surface area contributed by atoms with Gasteiger partial charge in [0.05, 0.1) is 20.8 Å². The molecule has 1 heterocycles. The first-order valence-electron chi connectivity index (χ1n) is 6.52. The van der Waals surface area contributed by atoms with E-state index in [1.54, 1.807) is 6.92 Å². The maximum atomic E-state index is 12.5. The van der Waals surface area contributed by atoms with E-state index < -0.39 is 12.1 Å². The summed E-state index contributed by atoms with van der Waals surface area (Å²) < 4.78 is 0. The Bertz CT molecular complexity index is 604. The van der Waals surface area contributed by atoms with Crippen LogP contribution in [0.1, 0.15) is 20.8 Å². The van der Waals surface area contributed by atoms with Gasteiger partial charge in [0.15, 0.2) is 0 Å². The lowest BCUT2D eigenvalue weighted by Gasteiger charge is -2.40.